The van der Waals surface area contributed by atoms with Crippen LogP contribution in [0.15, 0.2) is 29.0 Å². The van der Waals surface area contributed by atoms with Gasteiger partial charge in [-0.1, -0.05) is 11.2 Å². The van der Waals surface area contributed by atoms with Gasteiger partial charge in [-0.3, -0.25) is 0 Å². The number of benzene rings is 1. The van der Waals surface area contributed by atoms with Crippen molar-refractivity contribution < 1.29 is 9.26 Å². The van der Waals surface area contributed by atoms with Gasteiger partial charge in [0.2, 0.25) is 0 Å². The van der Waals surface area contributed by atoms with Crippen molar-refractivity contribution in [3.05, 3.63) is 24.5 Å². The Kier molecular flexibility index (Phi) is 1.81. The maximum absolute atomic E-state index is 5.59. The van der Waals surface area contributed by atoms with E-state index in [1.807, 2.05) is 18.2 Å². The zero-order valence-electron chi connectivity index (χ0n) is 7.93. The minimum atomic E-state index is 0.482. The van der Waals surface area contributed by atoms with Gasteiger partial charge in [0.05, 0.1) is 11.3 Å². The molecule has 76 valence electrons. The van der Waals surface area contributed by atoms with Crippen LogP contribution in [0.4, 0.5) is 5.69 Å². The maximum Gasteiger partial charge on any atom is 0.261 e. The van der Waals surface area contributed by atoms with Crippen LogP contribution in [-0.4, -0.2) is 23.3 Å². The van der Waals surface area contributed by atoms with Crippen molar-refractivity contribution in [2.24, 2.45) is 0 Å². The molecule has 1 aromatic heterocycles. The average molecular weight is 203 g/mol. The molecule has 5 heteroatoms. The molecule has 0 aliphatic carbocycles. The molecule has 1 aliphatic rings. The van der Waals surface area contributed by atoms with E-state index in [0.29, 0.717) is 12.5 Å². The van der Waals surface area contributed by atoms with E-state index in [9.17, 15) is 0 Å². The van der Waals surface area contributed by atoms with Crippen molar-refractivity contribution in [1.29, 1.82) is 0 Å². The van der Waals surface area contributed by atoms with Crippen LogP contribution in [0.1, 0.15) is 0 Å². The van der Waals surface area contributed by atoms with Gasteiger partial charge in [-0.25, -0.2) is 0 Å². The first-order valence-corrected chi connectivity index (χ1v) is 4.72. The van der Waals surface area contributed by atoms with E-state index < -0.39 is 0 Å². The lowest BCUT2D eigenvalue weighted by molar-refractivity contribution is 0.322. The molecule has 5 nitrogen and oxygen atoms in total. The Balaban J connectivity index is 2.15. The fourth-order valence-corrected chi connectivity index (χ4v) is 1.63. The van der Waals surface area contributed by atoms with E-state index in [-0.39, 0.29) is 0 Å². The van der Waals surface area contributed by atoms with E-state index in [4.69, 9.17) is 9.26 Å². The van der Waals surface area contributed by atoms with E-state index >= 15 is 0 Å². The summed E-state index contributed by atoms with van der Waals surface area (Å²) in [6.07, 6.45) is 1.38. The second-order valence-corrected chi connectivity index (χ2v) is 3.20. The third kappa shape index (κ3) is 1.32. The Morgan fingerprint density at radius 2 is 2.33 bits per heavy atom. The van der Waals surface area contributed by atoms with Gasteiger partial charge in [0.15, 0.2) is 12.1 Å². The number of hydrogen-bond acceptors (Lipinski definition) is 5. The highest BCUT2D eigenvalue weighted by Gasteiger charge is 2.17. The van der Waals surface area contributed by atoms with Crippen LogP contribution in [0.3, 0.4) is 0 Å². The number of anilines is 1. The molecule has 0 bridgehead atoms. The van der Waals surface area contributed by atoms with E-state index in [2.05, 4.69) is 15.5 Å². The monoisotopic (exact) mass is 203 g/mol. The van der Waals surface area contributed by atoms with Crippen molar-refractivity contribution in [2.45, 2.75) is 0 Å². The molecule has 1 aromatic carbocycles. The van der Waals surface area contributed by atoms with Crippen molar-refractivity contribution in [3.8, 4) is 17.2 Å². The van der Waals surface area contributed by atoms with Gasteiger partial charge in [0, 0.05) is 6.54 Å². The van der Waals surface area contributed by atoms with Crippen LogP contribution in [0.2, 0.25) is 0 Å². The van der Waals surface area contributed by atoms with Crippen LogP contribution >= 0.6 is 0 Å². The van der Waals surface area contributed by atoms with Crippen molar-refractivity contribution in [3.63, 3.8) is 0 Å². The summed E-state index contributed by atoms with van der Waals surface area (Å²) in [5.74, 6) is 1.27. The van der Waals surface area contributed by atoms with Gasteiger partial charge in [-0.2, -0.15) is 4.98 Å². The fourth-order valence-electron chi connectivity index (χ4n) is 1.63. The molecule has 0 atom stereocenters. The zero-order chi connectivity index (χ0) is 10.1. The summed E-state index contributed by atoms with van der Waals surface area (Å²) in [5.41, 5.74) is 1.80. The minimum absolute atomic E-state index is 0.482. The molecule has 0 saturated heterocycles. The van der Waals surface area contributed by atoms with E-state index in [1.54, 1.807) is 0 Å². The maximum atomic E-state index is 5.59. The van der Waals surface area contributed by atoms with Gasteiger partial charge in [-0.15, -0.1) is 0 Å². The topological polar surface area (TPSA) is 60.2 Å². The first-order valence-electron chi connectivity index (χ1n) is 4.72. The highest BCUT2D eigenvalue weighted by atomic mass is 16.5. The quantitative estimate of drug-likeness (QED) is 0.761. The highest BCUT2D eigenvalue weighted by Crippen LogP contribution is 2.36. The molecule has 2 aromatic rings. The first kappa shape index (κ1) is 8.28. The van der Waals surface area contributed by atoms with Crippen LogP contribution < -0.4 is 10.1 Å². The number of fused-ring (bicyclic) bond motifs is 1. The zero-order valence-corrected chi connectivity index (χ0v) is 7.93. The molecule has 0 radical (unpaired) electrons. The lowest BCUT2D eigenvalue weighted by Gasteiger charge is -2.20. The SMILES string of the molecule is c1cc2c(c(-c3ncno3)c1)OCCN2. The number of hydrogen-bond donors (Lipinski definition) is 1. The predicted octanol–water partition coefficient (Wildman–Crippen LogP) is 1.54. The third-order valence-corrected chi connectivity index (χ3v) is 2.27. The Bertz CT molecular complexity index is 468. The summed E-state index contributed by atoms with van der Waals surface area (Å²) in [7, 11) is 0. The smallest absolute Gasteiger partial charge is 0.261 e. The lowest BCUT2D eigenvalue weighted by atomic mass is 10.1. The predicted molar refractivity (Wildman–Crippen MR) is 53.7 cm³/mol. The molecule has 1 aliphatic heterocycles. The molecule has 0 spiro atoms. The lowest BCUT2D eigenvalue weighted by Crippen LogP contribution is -2.18. The van der Waals surface area contributed by atoms with Crippen molar-refractivity contribution in [2.75, 3.05) is 18.5 Å². The van der Waals surface area contributed by atoms with Crippen LogP contribution in [0.25, 0.3) is 11.5 Å². The Labute approximate surface area is 86.1 Å². The van der Waals surface area contributed by atoms with Crippen LogP contribution in [0, 0.1) is 0 Å². The molecule has 3 rings (SSSR count). The molecule has 2 heterocycles. The average Bonchev–Trinajstić information content (AvgIpc) is 2.82. The van der Waals surface area contributed by atoms with Gasteiger partial charge in [0.1, 0.15) is 6.61 Å². The normalized spacial score (nSPS) is 13.9. The molecule has 0 amide bonds. The van der Waals surface area contributed by atoms with Gasteiger partial charge >= 0.3 is 0 Å². The van der Waals surface area contributed by atoms with E-state index in [0.717, 1.165) is 23.5 Å². The Morgan fingerprint density at radius 1 is 1.33 bits per heavy atom. The summed E-state index contributed by atoms with van der Waals surface area (Å²) in [5, 5.41) is 6.84. The third-order valence-electron chi connectivity index (χ3n) is 2.27. The highest BCUT2D eigenvalue weighted by molar-refractivity contribution is 5.74. The van der Waals surface area contributed by atoms with E-state index in [1.165, 1.54) is 6.33 Å². The summed E-state index contributed by atoms with van der Waals surface area (Å²) in [6, 6.07) is 5.80. The summed E-state index contributed by atoms with van der Waals surface area (Å²) < 4.78 is 10.6. The summed E-state index contributed by atoms with van der Waals surface area (Å²) >= 11 is 0. The number of ether oxygens (including phenoxy) is 1. The molecule has 1 N–H and O–H groups in total. The molecule has 0 unspecified atom stereocenters. The van der Waals surface area contributed by atoms with Gasteiger partial charge in [-0.05, 0) is 12.1 Å². The molecule has 0 saturated carbocycles. The second kappa shape index (κ2) is 3.27. The number of para-hydroxylation sites is 1. The van der Waals surface area contributed by atoms with Gasteiger partial charge < -0.3 is 14.6 Å². The number of nitrogens with zero attached hydrogens (tertiary/aromatic N) is 2. The van der Waals surface area contributed by atoms with Crippen molar-refractivity contribution in [1.82, 2.24) is 10.1 Å². The largest absolute Gasteiger partial charge is 0.489 e. The Hall–Kier alpha value is -2.04. The van der Waals surface area contributed by atoms with Gasteiger partial charge in [0.25, 0.3) is 5.89 Å². The van der Waals surface area contributed by atoms with Crippen LogP contribution in [0.5, 0.6) is 5.75 Å². The minimum Gasteiger partial charge on any atom is -0.489 e. The fraction of sp³-hybridized carbons (Fsp3) is 0.200. The number of aromatic nitrogens is 2. The second-order valence-electron chi connectivity index (χ2n) is 3.20. The molecular weight excluding hydrogens is 194 g/mol. The standard InChI is InChI=1S/C10H9N3O2/c1-2-7(10-12-6-13-15-10)9-8(3-1)11-4-5-14-9/h1-3,6,11H,4-5H2. The first-order chi connectivity index (χ1) is 7.45. The number of rotatable bonds is 1. The number of nitrogens with one attached hydrogen (secondary N) is 1. The summed E-state index contributed by atoms with van der Waals surface area (Å²) in [6.45, 7) is 1.47. The molecule has 15 heavy (non-hydrogen) atoms. The Morgan fingerprint density at radius 3 is 3.20 bits per heavy atom. The van der Waals surface area contributed by atoms with Crippen molar-refractivity contribution >= 4 is 5.69 Å². The molecular formula is C10H9N3O2. The molecule has 0 fully saturated rings. The van der Waals surface area contributed by atoms with Crippen LogP contribution in [-0.2, 0) is 0 Å². The summed E-state index contributed by atoms with van der Waals surface area (Å²) in [4.78, 5) is 4.01.